The third kappa shape index (κ3) is 3.23. The maximum absolute atomic E-state index is 6.77. The smallest absolute Gasteiger partial charge is 0.109 e. The van der Waals surface area contributed by atoms with Gasteiger partial charge in [0.1, 0.15) is 5.82 Å². The largest absolute Gasteiger partial charge is 0.342 e. The maximum Gasteiger partial charge on any atom is 0.109 e. The Kier molecular flexibility index (Phi) is 4.65. The molecule has 2 heterocycles. The topological polar surface area (TPSA) is 79.6 Å². The fraction of sp³-hybridized carbons (Fsp3) is 0.478. The van der Waals surface area contributed by atoms with Gasteiger partial charge in [0.2, 0.25) is 0 Å². The highest BCUT2D eigenvalue weighted by atomic mass is 15.1. The molecule has 0 spiro atoms. The molecule has 1 fully saturated rings. The lowest BCUT2D eigenvalue weighted by molar-refractivity contribution is 0.164. The number of imidazole rings is 1. The Balaban J connectivity index is 1.47. The number of benzene rings is 1. The number of nitrogens with one attached hydrogen (secondary N) is 2. The Hall–Kier alpha value is -2.24. The van der Waals surface area contributed by atoms with Crippen LogP contribution in [0.15, 0.2) is 42.6 Å². The van der Waals surface area contributed by atoms with Crippen LogP contribution >= 0.6 is 0 Å². The molecule has 4 N–H and O–H groups in total. The van der Waals surface area contributed by atoms with Crippen molar-refractivity contribution in [1.82, 2.24) is 20.3 Å². The van der Waals surface area contributed by atoms with Crippen molar-refractivity contribution in [2.24, 2.45) is 5.73 Å². The van der Waals surface area contributed by atoms with Crippen molar-refractivity contribution in [3.63, 3.8) is 0 Å². The number of aromatic nitrogens is 3. The van der Waals surface area contributed by atoms with Crippen LogP contribution in [-0.4, -0.2) is 26.5 Å². The van der Waals surface area contributed by atoms with Crippen LogP contribution in [0.3, 0.4) is 0 Å². The first-order valence-electron chi connectivity index (χ1n) is 10.6. The average molecular weight is 376 g/mol. The van der Waals surface area contributed by atoms with Gasteiger partial charge in [0.05, 0.1) is 22.8 Å². The maximum atomic E-state index is 6.77. The van der Waals surface area contributed by atoms with E-state index in [1.54, 1.807) is 0 Å². The molecule has 1 aromatic carbocycles. The Labute approximate surface area is 166 Å². The van der Waals surface area contributed by atoms with Gasteiger partial charge in [0.15, 0.2) is 0 Å². The molecule has 5 nitrogen and oxygen atoms in total. The minimum absolute atomic E-state index is 0.128. The van der Waals surface area contributed by atoms with Gasteiger partial charge in [-0.25, -0.2) is 4.98 Å². The number of nitrogens with two attached hydrogens (primary N) is 1. The Bertz CT molecular complexity index is 931. The molecule has 3 atom stereocenters. The summed E-state index contributed by atoms with van der Waals surface area (Å²) in [5, 5.41) is 4.02. The monoisotopic (exact) mass is 375 g/mol. The van der Waals surface area contributed by atoms with Crippen LogP contribution in [0.2, 0.25) is 0 Å². The van der Waals surface area contributed by atoms with Gasteiger partial charge in [-0.05, 0) is 55.9 Å². The fourth-order valence-corrected chi connectivity index (χ4v) is 5.20. The zero-order chi connectivity index (χ0) is 19.0. The predicted octanol–water partition coefficient (Wildman–Crippen LogP) is 3.81. The molecular weight excluding hydrogens is 346 g/mol. The van der Waals surface area contributed by atoms with Gasteiger partial charge in [-0.1, -0.05) is 31.0 Å². The van der Waals surface area contributed by atoms with E-state index in [0.29, 0.717) is 0 Å². The molecule has 0 radical (unpaired) electrons. The van der Waals surface area contributed by atoms with Crippen molar-refractivity contribution >= 4 is 11.0 Å². The molecule has 3 aromatic rings. The van der Waals surface area contributed by atoms with E-state index in [1.807, 2.05) is 12.3 Å². The first-order chi connectivity index (χ1) is 13.7. The van der Waals surface area contributed by atoms with Gasteiger partial charge in [0, 0.05) is 24.2 Å². The molecule has 0 amide bonds. The number of fused-ring (bicyclic) bond motifs is 2. The summed E-state index contributed by atoms with van der Waals surface area (Å²) in [7, 11) is 0. The van der Waals surface area contributed by atoms with E-state index in [-0.39, 0.29) is 17.6 Å². The molecule has 0 bridgehead atoms. The lowest BCUT2D eigenvalue weighted by Crippen LogP contribution is -2.62. The molecule has 0 saturated heterocycles. The van der Waals surface area contributed by atoms with Gasteiger partial charge in [-0.2, -0.15) is 0 Å². The van der Waals surface area contributed by atoms with Crippen LogP contribution in [0.1, 0.15) is 61.6 Å². The fourth-order valence-electron chi connectivity index (χ4n) is 5.20. The van der Waals surface area contributed by atoms with Crippen molar-refractivity contribution in [2.75, 3.05) is 0 Å². The molecule has 2 aliphatic carbocycles. The molecular formula is C23H29N5. The molecule has 5 heteroatoms. The van der Waals surface area contributed by atoms with E-state index < -0.39 is 0 Å². The average Bonchev–Trinajstić information content (AvgIpc) is 3.13. The standard InChI is InChI=1S/C23H29N5/c24-20-12-3-4-13-23(20,15-21-26-17-9-1-2-10-18(17)27-21)28-19-11-5-7-16-8-6-14-25-22(16)19/h1-2,6,8-10,14,19-20,28H,3-5,7,11-13,15,24H2,(H,26,27)/t19?,20-,23+/m1/s1. The summed E-state index contributed by atoms with van der Waals surface area (Å²) in [6, 6.07) is 12.9. The third-order valence-corrected chi connectivity index (χ3v) is 6.68. The lowest BCUT2D eigenvalue weighted by atomic mass is 9.74. The number of para-hydroxylation sites is 2. The van der Waals surface area contributed by atoms with Crippen LogP contribution in [-0.2, 0) is 12.8 Å². The Morgan fingerprint density at radius 3 is 2.93 bits per heavy atom. The van der Waals surface area contributed by atoms with Crippen molar-refractivity contribution in [1.29, 1.82) is 0 Å². The summed E-state index contributed by atoms with van der Waals surface area (Å²) < 4.78 is 0. The number of hydrogen-bond donors (Lipinski definition) is 3. The molecule has 5 rings (SSSR count). The number of nitrogens with zero attached hydrogens (tertiary/aromatic N) is 2. The summed E-state index contributed by atoms with van der Waals surface area (Å²) in [5.41, 5.74) is 11.4. The van der Waals surface area contributed by atoms with Gasteiger partial charge >= 0.3 is 0 Å². The van der Waals surface area contributed by atoms with E-state index >= 15 is 0 Å². The van der Waals surface area contributed by atoms with Crippen LogP contribution in [0.25, 0.3) is 11.0 Å². The Morgan fingerprint density at radius 1 is 1.11 bits per heavy atom. The zero-order valence-corrected chi connectivity index (χ0v) is 16.3. The van der Waals surface area contributed by atoms with Gasteiger partial charge < -0.3 is 16.0 Å². The number of hydrogen-bond acceptors (Lipinski definition) is 4. The summed E-state index contributed by atoms with van der Waals surface area (Å²) in [5.74, 6) is 1.03. The van der Waals surface area contributed by atoms with E-state index in [4.69, 9.17) is 15.7 Å². The first kappa shape index (κ1) is 17.8. The summed E-state index contributed by atoms with van der Waals surface area (Å²) in [6.07, 6.45) is 10.8. The Morgan fingerprint density at radius 2 is 2.04 bits per heavy atom. The van der Waals surface area contributed by atoms with Crippen molar-refractivity contribution in [3.8, 4) is 0 Å². The summed E-state index contributed by atoms with van der Waals surface area (Å²) in [4.78, 5) is 13.1. The van der Waals surface area contributed by atoms with Crippen LogP contribution in [0.5, 0.6) is 0 Å². The quantitative estimate of drug-likeness (QED) is 0.648. The summed E-state index contributed by atoms with van der Waals surface area (Å²) >= 11 is 0. The lowest BCUT2D eigenvalue weighted by Gasteiger charge is -2.46. The molecule has 1 unspecified atom stereocenters. The number of pyridine rings is 1. The van der Waals surface area contributed by atoms with Crippen LogP contribution in [0.4, 0.5) is 0 Å². The highest BCUT2D eigenvalue weighted by molar-refractivity contribution is 5.74. The second kappa shape index (κ2) is 7.30. The molecule has 28 heavy (non-hydrogen) atoms. The third-order valence-electron chi connectivity index (χ3n) is 6.68. The summed E-state index contributed by atoms with van der Waals surface area (Å²) in [6.45, 7) is 0. The number of rotatable bonds is 4. The highest BCUT2D eigenvalue weighted by Crippen LogP contribution is 2.36. The van der Waals surface area contributed by atoms with E-state index in [2.05, 4.69) is 40.6 Å². The molecule has 2 aliphatic rings. The van der Waals surface area contributed by atoms with Crippen LogP contribution < -0.4 is 11.1 Å². The number of aryl methyl sites for hydroxylation is 1. The number of H-pyrrole nitrogens is 1. The van der Waals surface area contributed by atoms with Gasteiger partial charge in [-0.3, -0.25) is 4.98 Å². The van der Waals surface area contributed by atoms with E-state index in [1.165, 1.54) is 30.5 Å². The van der Waals surface area contributed by atoms with E-state index in [9.17, 15) is 0 Å². The van der Waals surface area contributed by atoms with Crippen molar-refractivity contribution < 1.29 is 0 Å². The first-order valence-corrected chi connectivity index (χ1v) is 10.6. The molecule has 1 saturated carbocycles. The number of aromatic amines is 1. The van der Waals surface area contributed by atoms with Crippen molar-refractivity contribution in [2.45, 2.75) is 69.0 Å². The zero-order valence-electron chi connectivity index (χ0n) is 16.3. The SMILES string of the molecule is N[C@@H]1CCCC[C@@]1(Cc1nc2ccccc2[nH]1)NC1CCCc2cccnc21. The minimum Gasteiger partial charge on any atom is -0.342 e. The van der Waals surface area contributed by atoms with Crippen molar-refractivity contribution in [3.05, 3.63) is 59.7 Å². The minimum atomic E-state index is -0.136. The van der Waals surface area contributed by atoms with Gasteiger partial charge in [-0.15, -0.1) is 0 Å². The second-order valence-electron chi connectivity index (χ2n) is 8.52. The van der Waals surface area contributed by atoms with Gasteiger partial charge in [0.25, 0.3) is 0 Å². The normalized spacial score (nSPS) is 27.6. The molecule has 146 valence electrons. The second-order valence-corrected chi connectivity index (χ2v) is 8.52. The molecule has 2 aromatic heterocycles. The van der Waals surface area contributed by atoms with E-state index in [0.717, 1.165) is 49.0 Å². The predicted molar refractivity (Wildman–Crippen MR) is 112 cm³/mol. The molecule has 0 aliphatic heterocycles. The van der Waals surface area contributed by atoms with Crippen LogP contribution in [0, 0.1) is 0 Å². The highest BCUT2D eigenvalue weighted by Gasteiger charge is 2.42.